The van der Waals surface area contributed by atoms with Crippen molar-refractivity contribution in [1.29, 1.82) is 0 Å². The predicted octanol–water partition coefficient (Wildman–Crippen LogP) is 4.49. The number of carbonyl (C=O) groups is 1. The Morgan fingerprint density at radius 1 is 1.34 bits per heavy atom. The molecule has 1 aromatic heterocycles. The van der Waals surface area contributed by atoms with E-state index in [0.29, 0.717) is 24.6 Å². The third kappa shape index (κ3) is 4.38. The van der Waals surface area contributed by atoms with E-state index in [9.17, 15) is 4.79 Å². The lowest BCUT2D eigenvalue weighted by atomic mass is 10.2. The molecule has 2 aromatic carbocycles. The number of thiazole rings is 1. The Kier molecular flexibility index (Phi) is 6.01. The number of nitrogens with one attached hydrogen (secondary N) is 1. The smallest absolute Gasteiger partial charge is 0.264 e. The summed E-state index contributed by atoms with van der Waals surface area (Å²) in [6.45, 7) is 1.23. The lowest BCUT2D eigenvalue weighted by Gasteiger charge is -2.19. The fraction of sp³-hybridized carbons (Fsp3) is 0.238. The average molecular weight is 474 g/mol. The molecule has 0 saturated heterocycles. The third-order valence-corrected chi connectivity index (χ3v) is 6.01. The quantitative estimate of drug-likeness (QED) is 0.547. The Hall–Kier alpha value is -2.58. The molecule has 0 aliphatic carbocycles. The van der Waals surface area contributed by atoms with E-state index in [2.05, 4.69) is 32.3 Å². The molecule has 150 valence electrons. The van der Waals surface area contributed by atoms with Crippen molar-refractivity contribution in [2.45, 2.75) is 13.0 Å². The van der Waals surface area contributed by atoms with Crippen LogP contribution in [0, 0.1) is 0 Å². The summed E-state index contributed by atoms with van der Waals surface area (Å²) in [5.74, 6) is 1.02. The van der Waals surface area contributed by atoms with Gasteiger partial charge in [-0.1, -0.05) is 18.2 Å². The molecule has 1 aliphatic rings. The normalized spacial score (nSPS) is 12.6. The summed E-state index contributed by atoms with van der Waals surface area (Å²) in [4.78, 5) is 18.7. The van der Waals surface area contributed by atoms with Crippen molar-refractivity contribution in [2.75, 3.05) is 30.5 Å². The van der Waals surface area contributed by atoms with Crippen molar-refractivity contribution >= 4 is 44.0 Å². The lowest BCUT2D eigenvalue weighted by molar-refractivity contribution is -0.120. The van der Waals surface area contributed by atoms with Crippen molar-refractivity contribution in [3.63, 3.8) is 0 Å². The number of ether oxygens (including phenoxy) is 2. The van der Waals surface area contributed by atoms with E-state index in [1.54, 1.807) is 29.5 Å². The number of aromatic nitrogens is 1. The number of amides is 1. The first-order chi connectivity index (χ1) is 14.2. The summed E-state index contributed by atoms with van der Waals surface area (Å²) in [5.41, 5.74) is 3.17. The maximum Gasteiger partial charge on any atom is 0.264 e. The summed E-state index contributed by atoms with van der Waals surface area (Å²) < 4.78 is 12.1. The fourth-order valence-corrected chi connectivity index (χ4v) is 4.44. The number of anilines is 2. The second kappa shape index (κ2) is 8.84. The van der Waals surface area contributed by atoms with Crippen molar-refractivity contribution in [3.05, 3.63) is 63.6 Å². The van der Waals surface area contributed by atoms with Crippen LogP contribution in [0.4, 0.5) is 10.8 Å². The number of carbonyl (C=O) groups excluding carboxylic acids is 1. The van der Waals surface area contributed by atoms with Gasteiger partial charge >= 0.3 is 0 Å². The van der Waals surface area contributed by atoms with Gasteiger partial charge in [0.2, 0.25) is 0 Å². The fourth-order valence-electron chi connectivity index (χ4n) is 3.31. The number of para-hydroxylation sites is 1. The first kappa shape index (κ1) is 19.7. The maximum atomic E-state index is 12.7. The van der Waals surface area contributed by atoms with Gasteiger partial charge in [-0.3, -0.25) is 4.79 Å². The van der Waals surface area contributed by atoms with Crippen LogP contribution in [0.25, 0.3) is 0 Å². The first-order valence-corrected chi connectivity index (χ1v) is 10.8. The molecule has 1 N–H and O–H groups in total. The number of nitrogens with zero attached hydrogens (tertiary/aromatic N) is 2. The summed E-state index contributed by atoms with van der Waals surface area (Å²) >= 11 is 5.09. The van der Waals surface area contributed by atoms with Crippen LogP contribution in [0.5, 0.6) is 11.5 Å². The molecule has 4 rings (SSSR count). The minimum Gasteiger partial charge on any atom is -0.493 e. The van der Waals surface area contributed by atoms with Crippen molar-refractivity contribution in [1.82, 2.24) is 4.98 Å². The molecule has 6 nitrogen and oxygen atoms in total. The second-order valence-electron chi connectivity index (χ2n) is 6.51. The van der Waals surface area contributed by atoms with Gasteiger partial charge in [-0.05, 0) is 51.7 Å². The van der Waals surface area contributed by atoms with E-state index in [1.807, 2.05) is 35.7 Å². The molecule has 1 amide bonds. The van der Waals surface area contributed by atoms with Gasteiger partial charge in [-0.25, -0.2) is 4.98 Å². The molecule has 3 aromatic rings. The van der Waals surface area contributed by atoms with Gasteiger partial charge < -0.3 is 19.7 Å². The molecule has 29 heavy (non-hydrogen) atoms. The van der Waals surface area contributed by atoms with Gasteiger partial charge in [0.1, 0.15) is 0 Å². The van der Waals surface area contributed by atoms with E-state index in [0.717, 1.165) is 27.3 Å². The predicted molar refractivity (Wildman–Crippen MR) is 118 cm³/mol. The van der Waals surface area contributed by atoms with E-state index in [-0.39, 0.29) is 12.5 Å². The molecule has 0 saturated carbocycles. The van der Waals surface area contributed by atoms with Gasteiger partial charge in [0.15, 0.2) is 23.2 Å². The molecular formula is C21H20BrN3O3S. The standard InChI is InChI=1S/C21H20BrN3O3S/c1-27-18-11-14(12-24-21-23-7-9-29-21)10-16(22)20(18)28-13-19(26)25-8-6-15-4-2-3-5-17(15)25/h2-5,7,9-11H,6,8,12-13H2,1H3,(H,23,24). The van der Waals surface area contributed by atoms with E-state index in [4.69, 9.17) is 9.47 Å². The number of rotatable bonds is 7. The Morgan fingerprint density at radius 2 is 2.21 bits per heavy atom. The van der Waals surface area contributed by atoms with Crippen molar-refractivity contribution in [3.8, 4) is 11.5 Å². The van der Waals surface area contributed by atoms with E-state index < -0.39 is 0 Å². The van der Waals surface area contributed by atoms with Crippen LogP contribution < -0.4 is 19.7 Å². The van der Waals surface area contributed by atoms with Gasteiger partial charge in [0.25, 0.3) is 5.91 Å². The molecule has 0 fully saturated rings. The Bertz CT molecular complexity index is 1010. The van der Waals surface area contributed by atoms with Crippen LogP contribution in [-0.2, 0) is 17.8 Å². The molecule has 0 unspecified atom stereocenters. The third-order valence-electron chi connectivity index (χ3n) is 4.69. The minimum atomic E-state index is -0.0709. The molecule has 0 bridgehead atoms. The van der Waals surface area contributed by atoms with Crippen LogP contribution in [0.3, 0.4) is 0 Å². The zero-order valence-corrected chi connectivity index (χ0v) is 18.3. The highest BCUT2D eigenvalue weighted by molar-refractivity contribution is 9.10. The van der Waals surface area contributed by atoms with E-state index in [1.165, 1.54) is 5.56 Å². The Balaban J connectivity index is 1.43. The average Bonchev–Trinajstić information content (AvgIpc) is 3.40. The Morgan fingerprint density at radius 3 is 3.00 bits per heavy atom. The van der Waals surface area contributed by atoms with Gasteiger partial charge in [0, 0.05) is 30.4 Å². The highest BCUT2D eigenvalue weighted by Gasteiger charge is 2.25. The van der Waals surface area contributed by atoms with Crippen LogP contribution in [0.2, 0.25) is 0 Å². The largest absolute Gasteiger partial charge is 0.493 e. The lowest BCUT2D eigenvalue weighted by Crippen LogP contribution is -2.33. The number of halogens is 1. The van der Waals surface area contributed by atoms with Crippen molar-refractivity contribution in [2.24, 2.45) is 0 Å². The van der Waals surface area contributed by atoms with Crippen LogP contribution >= 0.6 is 27.3 Å². The van der Waals surface area contributed by atoms with Gasteiger partial charge in [0.05, 0.1) is 11.6 Å². The maximum absolute atomic E-state index is 12.7. The van der Waals surface area contributed by atoms with Crippen LogP contribution in [0.1, 0.15) is 11.1 Å². The Labute approximate surface area is 181 Å². The number of methoxy groups -OCH3 is 1. The molecule has 2 heterocycles. The number of hydrogen-bond acceptors (Lipinski definition) is 6. The molecule has 0 radical (unpaired) electrons. The van der Waals surface area contributed by atoms with Crippen LogP contribution in [0.15, 0.2) is 52.4 Å². The SMILES string of the molecule is COc1cc(CNc2nccs2)cc(Br)c1OCC(=O)N1CCc2ccccc21. The minimum absolute atomic E-state index is 0.0555. The topological polar surface area (TPSA) is 63.7 Å². The molecule has 1 aliphatic heterocycles. The number of hydrogen-bond donors (Lipinski definition) is 1. The first-order valence-electron chi connectivity index (χ1n) is 9.16. The van der Waals surface area contributed by atoms with E-state index >= 15 is 0 Å². The highest BCUT2D eigenvalue weighted by Crippen LogP contribution is 2.37. The molecule has 8 heteroatoms. The molecule has 0 atom stereocenters. The second-order valence-corrected chi connectivity index (χ2v) is 8.26. The molecule has 0 spiro atoms. The zero-order valence-electron chi connectivity index (χ0n) is 15.9. The summed E-state index contributed by atoms with van der Waals surface area (Å²) in [5, 5.41) is 6.05. The van der Waals surface area contributed by atoms with Crippen LogP contribution in [-0.4, -0.2) is 31.2 Å². The zero-order chi connectivity index (χ0) is 20.2. The summed E-state index contributed by atoms with van der Waals surface area (Å²) in [7, 11) is 1.59. The van der Waals surface area contributed by atoms with Gasteiger partial charge in [-0.15, -0.1) is 11.3 Å². The number of benzene rings is 2. The molecular weight excluding hydrogens is 454 g/mol. The van der Waals surface area contributed by atoms with Crippen molar-refractivity contribution < 1.29 is 14.3 Å². The van der Waals surface area contributed by atoms with Gasteiger partial charge in [-0.2, -0.15) is 0 Å². The number of fused-ring (bicyclic) bond motifs is 1. The summed E-state index contributed by atoms with van der Waals surface area (Å²) in [6, 6.07) is 11.8. The highest BCUT2D eigenvalue weighted by atomic mass is 79.9. The summed E-state index contributed by atoms with van der Waals surface area (Å²) in [6.07, 6.45) is 2.63. The monoisotopic (exact) mass is 473 g/mol.